The van der Waals surface area contributed by atoms with Gasteiger partial charge in [0.25, 0.3) is 0 Å². The Morgan fingerprint density at radius 3 is 2.82 bits per heavy atom. The highest BCUT2D eigenvalue weighted by atomic mass is 32.2. The molecule has 0 saturated carbocycles. The normalized spacial score (nSPS) is 13.2. The molecule has 0 spiro atoms. The molecule has 0 aliphatic rings. The van der Waals surface area contributed by atoms with E-state index in [0.717, 1.165) is 5.69 Å². The minimum absolute atomic E-state index is 0.0321. The maximum atomic E-state index is 11.7. The van der Waals surface area contributed by atoms with E-state index in [1.54, 1.807) is 6.20 Å². The van der Waals surface area contributed by atoms with Crippen molar-refractivity contribution in [2.24, 2.45) is 5.73 Å². The molecule has 1 aromatic heterocycles. The van der Waals surface area contributed by atoms with Crippen molar-refractivity contribution in [1.29, 1.82) is 0 Å². The van der Waals surface area contributed by atoms with Crippen molar-refractivity contribution >= 4 is 27.2 Å². The van der Waals surface area contributed by atoms with Gasteiger partial charge in [0.15, 0.2) is 0 Å². The molecule has 1 rings (SSSR count). The van der Waals surface area contributed by atoms with Gasteiger partial charge in [0.2, 0.25) is 10.0 Å². The highest BCUT2D eigenvalue weighted by Gasteiger charge is 2.22. The van der Waals surface area contributed by atoms with Crippen LogP contribution in [0.15, 0.2) is 24.4 Å². The summed E-state index contributed by atoms with van der Waals surface area (Å²) in [5.74, 6) is 0. The van der Waals surface area contributed by atoms with Crippen LogP contribution in [-0.4, -0.2) is 30.2 Å². The van der Waals surface area contributed by atoms with Crippen LogP contribution in [-0.2, 0) is 16.4 Å². The molecule has 0 amide bonds. The van der Waals surface area contributed by atoms with Crippen LogP contribution in [0.4, 0.5) is 0 Å². The zero-order valence-corrected chi connectivity index (χ0v) is 11.1. The summed E-state index contributed by atoms with van der Waals surface area (Å²) in [6.45, 7) is 1.75. The minimum Gasteiger partial charge on any atom is -0.392 e. The van der Waals surface area contributed by atoms with Crippen LogP contribution in [0.5, 0.6) is 0 Å². The molecule has 0 saturated heterocycles. The fraction of sp³-hybridized carbons (Fsp3) is 0.400. The number of pyridine rings is 1. The predicted molar refractivity (Wildman–Crippen MR) is 71.1 cm³/mol. The second-order valence-corrected chi connectivity index (χ2v) is 6.11. The first-order valence-corrected chi connectivity index (χ1v) is 7.06. The minimum atomic E-state index is -3.47. The molecule has 0 radical (unpaired) electrons. The van der Waals surface area contributed by atoms with Crippen LogP contribution < -0.4 is 10.5 Å². The average molecular weight is 273 g/mol. The van der Waals surface area contributed by atoms with E-state index < -0.39 is 15.3 Å². The molecule has 1 unspecified atom stereocenters. The third kappa shape index (κ3) is 4.37. The number of nitrogens with two attached hydrogens (primary N) is 1. The van der Waals surface area contributed by atoms with Crippen molar-refractivity contribution in [2.75, 3.05) is 6.54 Å². The summed E-state index contributed by atoms with van der Waals surface area (Å²) < 4.78 is 25.8. The van der Waals surface area contributed by atoms with Gasteiger partial charge in [-0.1, -0.05) is 18.3 Å². The average Bonchev–Trinajstić information content (AvgIpc) is 2.29. The van der Waals surface area contributed by atoms with Gasteiger partial charge in [0.05, 0.1) is 4.99 Å². The molecular weight excluding hydrogens is 258 g/mol. The Kier molecular flexibility index (Phi) is 4.98. The van der Waals surface area contributed by atoms with E-state index in [1.807, 2.05) is 18.2 Å². The van der Waals surface area contributed by atoms with Gasteiger partial charge >= 0.3 is 0 Å². The summed E-state index contributed by atoms with van der Waals surface area (Å²) in [4.78, 5) is 4.06. The highest BCUT2D eigenvalue weighted by molar-refractivity contribution is 7.93. The van der Waals surface area contributed by atoms with Crippen molar-refractivity contribution in [3.8, 4) is 0 Å². The molecule has 3 N–H and O–H groups in total. The number of hydrogen-bond donors (Lipinski definition) is 2. The lowest BCUT2D eigenvalue weighted by molar-refractivity contribution is 0.578. The number of rotatable bonds is 6. The Bertz CT molecular complexity index is 474. The lowest BCUT2D eigenvalue weighted by Gasteiger charge is -2.12. The van der Waals surface area contributed by atoms with Crippen LogP contribution in [0.1, 0.15) is 12.6 Å². The maximum absolute atomic E-state index is 11.7. The summed E-state index contributed by atoms with van der Waals surface area (Å²) in [5, 5.41) is -0.860. The number of nitrogens with one attached hydrogen (secondary N) is 1. The SMILES string of the molecule is CC(C(N)=S)S(=O)(=O)NCCc1ccccn1. The van der Waals surface area contributed by atoms with Crippen molar-refractivity contribution in [2.45, 2.75) is 18.6 Å². The monoisotopic (exact) mass is 273 g/mol. The van der Waals surface area contributed by atoms with E-state index >= 15 is 0 Å². The molecule has 7 heteroatoms. The molecule has 0 aromatic carbocycles. The number of sulfonamides is 1. The van der Waals surface area contributed by atoms with E-state index in [0.29, 0.717) is 6.42 Å². The molecule has 1 atom stereocenters. The molecular formula is C10H15N3O2S2. The standard InChI is InChI=1S/C10H15N3O2S2/c1-8(10(11)16)17(14,15)13-7-5-9-4-2-3-6-12-9/h2-4,6,8,13H,5,7H2,1H3,(H2,11,16). The molecule has 94 valence electrons. The van der Waals surface area contributed by atoms with E-state index in [4.69, 9.17) is 5.73 Å². The van der Waals surface area contributed by atoms with Crippen LogP contribution in [0.2, 0.25) is 0 Å². The van der Waals surface area contributed by atoms with Crippen molar-refractivity contribution in [3.05, 3.63) is 30.1 Å². The van der Waals surface area contributed by atoms with Gasteiger partial charge in [0.1, 0.15) is 5.25 Å². The number of aromatic nitrogens is 1. The van der Waals surface area contributed by atoms with Gasteiger partial charge in [-0.2, -0.15) is 0 Å². The Labute approximate surface area is 106 Å². The van der Waals surface area contributed by atoms with Crippen LogP contribution in [0.3, 0.4) is 0 Å². The zero-order chi connectivity index (χ0) is 12.9. The largest absolute Gasteiger partial charge is 0.392 e. The van der Waals surface area contributed by atoms with Crippen molar-refractivity contribution in [3.63, 3.8) is 0 Å². The van der Waals surface area contributed by atoms with Crippen LogP contribution in [0.25, 0.3) is 0 Å². The molecule has 1 aromatic rings. The summed E-state index contributed by atoms with van der Waals surface area (Å²) in [6, 6.07) is 5.50. The lowest BCUT2D eigenvalue weighted by Crippen LogP contribution is -2.40. The van der Waals surface area contributed by atoms with E-state index in [2.05, 4.69) is 21.9 Å². The quantitative estimate of drug-likeness (QED) is 0.724. The van der Waals surface area contributed by atoms with E-state index in [1.165, 1.54) is 6.92 Å². The molecule has 0 aliphatic heterocycles. The first kappa shape index (κ1) is 14.0. The van der Waals surface area contributed by atoms with Crippen molar-refractivity contribution < 1.29 is 8.42 Å². The predicted octanol–water partition coefficient (Wildman–Crippen LogP) is 0.218. The van der Waals surface area contributed by atoms with Gasteiger partial charge in [-0.05, 0) is 19.1 Å². The molecule has 0 fully saturated rings. The first-order valence-electron chi connectivity index (χ1n) is 5.11. The molecule has 17 heavy (non-hydrogen) atoms. The van der Waals surface area contributed by atoms with Gasteiger partial charge < -0.3 is 5.73 Å². The van der Waals surface area contributed by atoms with Crippen LogP contribution >= 0.6 is 12.2 Å². The number of hydrogen-bond acceptors (Lipinski definition) is 4. The third-order valence-corrected chi connectivity index (χ3v) is 4.57. The number of nitrogens with zero attached hydrogens (tertiary/aromatic N) is 1. The summed E-state index contributed by atoms with van der Waals surface area (Å²) in [7, 11) is -3.47. The third-order valence-electron chi connectivity index (χ3n) is 2.28. The Morgan fingerprint density at radius 2 is 2.29 bits per heavy atom. The maximum Gasteiger partial charge on any atom is 0.220 e. The second-order valence-electron chi connectivity index (χ2n) is 3.56. The molecule has 0 bridgehead atoms. The topological polar surface area (TPSA) is 85.1 Å². The Morgan fingerprint density at radius 1 is 1.59 bits per heavy atom. The molecule has 0 aliphatic carbocycles. The molecule has 1 heterocycles. The smallest absolute Gasteiger partial charge is 0.220 e. The lowest BCUT2D eigenvalue weighted by atomic mass is 10.3. The van der Waals surface area contributed by atoms with Gasteiger partial charge in [0, 0.05) is 24.9 Å². The highest BCUT2D eigenvalue weighted by Crippen LogP contribution is 1.99. The summed E-state index contributed by atoms with van der Waals surface area (Å²) in [6.07, 6.45) is 2.20. The van der Waals surface area contributed by atoms with Crippen LogP contribution in [0, 0.1) is 0 Å². The summed E-state index contributed by atoms with van der Waals surface area (Å²) in [5.41, 5.74) is 6.14. The second kappa shape index (κ2) is 6.04. The zero-order valence-electron chi connectivity index (χ0n) is 9.46. The number of thiocarbonyl (C=S) groups is 1. The molecule has 5 nitrogen and oxygen atoms in total. The first-order chi connectivity index (χ1) is 7.93. The van der Waals surface area contributed by atoms with E-state index in [9.17, 15) is 8.42 Å². The fourth-order valence-electron chi connectivity index (χ4n) is 1.15. The van der Waals surface area contributed by atoms with E-state index in [-0.39, 0.29) is 11.5 Å². The fourth-order valence-corrected chi connectivity index (χ4v) is 2.47. The summed E-state index contributed by atoms with van der Waals surface area (Å²) >= 11 is 4.66. The van der Waals surface area contributed by atoms with Crippen molar-refractivity contribution in [1.82, 2.24) is 9.71 Å². The van der Waals surface area contributed by atoms with Gasteiger partial charge in [-0.3, -0.25) is 4.98 Å². The Balaban J connectivity index is 2.49. The Hall–Kier alpha value is -1.05. The van der Waals surface area contributed by atoms with Gasteiger partial charge in [-0.15, -0.1) is 0 Å². The van der Waals surface area contributed by atoms with Gasteiger partial charge in [-0.25, -0.2) is 13.1 Å².